The highest BCUT2D eigenvalue weighted by atomic mass is 16.5. The first-order valence-electron chi connectivity index (χ1n) is 4.97. The number of benzene rings is 1. The van der Waals surface area contributed by atoms with Crippen LogP contribution >= 0.6 is 0 Å². The molecule has 1 heterocycles. The van der Waals surface area contributed by atoms with Gasteiger partial charge in [-0.1, -0.05) is 12.1 Å². The topological polar surface area (TPSA) is 47.3 Å². The fourth-order valence-corrected chi connectivity index (χ4v) is 1.57. The van der Waals surface area contributed by atoms with Gasteiger partial charge in [0.25, 0.3) is 0 Å². The Morgan fingerprint density at radius 3 is 3.07 bits per heavy atom. The monoisotopic (exact) mass is 206 g/mol. The zero-order chi connectivity index (χ0) is 10.7. The van der Waals surface area contributed by atoms with Crippen molar-refractivity contribution in [3.05, 3.63) is 30.6 Å². The molecule has 2 aromatic rings. The first-order chi connectivity index (χ1) is 7.33. The largest absolute Gasteiger partial charge is 0.394 e. The summed E-state index contributed by atoms with van der Waals surface area (Å²) >= 11 is 0. The van der Waals surface area contributed by atoms with Gasteiger partial charge in [0, 0.05) is 0 Å². The number of rotatable bonds is 4. The molecule has 0 saturated carbocycles. The Balaban J connectivity index is 2.27. The maximum atomic E-state index is 8.68. The summed E-state index contributed by atoms with van der Waals surface area (Å²) in [7, 11) is 0. The molecule has 0 radical (unpaired) electrons. The van der Waals surface area contributed by atoms with Gasteiger partial charge in [-0.3, -0.25) is 0 Å². The average Bonchev–Trinajstić information content (AvgIpc) is 2.69. The molecule has 0 spiro atoms. The second kappa shape index (κ2) is 4.42. The zero-order valence-electron chi connectivity index (χ0n) is 8.63. The summed E-state index contributed by atoms with van der Waals surface area (Å²) in [6, 6.07) is 7.89. The second-order valence-corrected chi connectivity index (χ2v) is 3.33. The highest BCUT2D eigenvalue weighted by Gasteiger charge is 2.08. The van der Waals surface area contributed by atoms with Gasteiger partial charge in [-0.15, -0.1) is 0 Å². The standard InChI is InChI=1S/C11H14N2O2/c1-9(15-7-6-14)13-8-12-10-4-2-3-5-11(10)13/h2-5,8-9,14H,6-7H2,1H3. The van der Waals surface area contributed by atoms with Crippen molar-refractivity contribution in [1.82, 2.24) is 9.55 Å². The first kappa shape index (κ1) is 10.1. The van der Waals surface area contributed by atoms with Crippen molar-refractivity contribution < 1.29 is 9.84 Å². The van der Waals surface area contributed by atoms with E-state index < -0.39 is 0 Å². The molecule has 0 saturated heterocycles. The molecule has 2 rings (SSSR count). The Bertz CT molecular complexity index is 439. The third kappa shape index (κ3) is 2.00. The number of fused-ring (bicyclic) bond motifs is 1. The molecule has 80 valence electrons. The molecule has 1 N–H and O–H groups in total. The number of aliphatic hydroxyl groups is 1. The van der Waals surface area contributed by atoms with Gasteiger partial charge in [0.05, 0.1) is 30.6 Å². The predicted octanol–water partition coefficient (Wildman–Crippen LogP) is 1.56. The fourth-order valence-electron chi connectivity index (χ4n) is 1.57. The summed E-state index contributed by atoms with van der Waals surface area (Å²) in [5, 5.41) is 8.68. The van der Waals surface area contributed by atoms with Crippen molar-refractivity contribution in [3.63, 3.8) is 0 Å². The molecule has 0 fully saturated rings. The zero-order valence-corrected chi connectivity index (χ0v) is 8.63. The van der Waals surface area contributed by atoms with E-state index in [1.807, 2.05) is 35.8 Å². The van der Waals surface area contributed by atoms with Crippen LogP contribution in [0.25, 0.3) is 11.0 Å². The lowest BCUT2D eigenvalue weighted by Gasteiger charge is -2.14. The minimum absolute atomic E-state index is 0.0387. The Hall–Kier alpha value is -1.39. The van der Waals surface area contributed by atoms with Crippen LogP contribution in [0.15, 0.2) is 30.6 Å². The molecule has 1 atom stereocenters. The number of aliphatic hydroxyl groups excluding tert-OH is 1. The summed E-state index contributed by atoms with van der Waals surface area (Å²) in [6.45, 7) is 2.31. The van der Waals surface area contributed by atoms with Gasteiger partial charge < -0.3 is 14.4 Å². The van der Waals surface area contributed by atoms with Gasteiger partial charge in [0.2, 0.25) is 0 Å². The van der Waals surface area contributed by atoms with Crippen molar-refractivity contribution in [3.8, 4) is 0 Å². The van der Waals surface area contributed by atoms with Gasteiger partial charge in [-0.2, -0.15) is 0 Å². The Labute approximate surface area is 88.1 Å². The summed E-state index contributed by atoms with van der Waals surface area (Å²) in [4.78, 5) is 4.27. The van der Waals surface area contributed by atoms with E-state index in [-0.39, 0.29) is 12.8 Å². The Kier molecular flexibility index (Phi) is 2.99. The number of para-hydroxylation sites is 2. The summed E-state index contributed by atoms with van der Waals surface area (Å²) in [5.41, 5.74) is 2.00. The number of hydrogen-bond donors (Lipinski definition) is 1. The van der Waals surface area contributed by atoms with Crippen LogP contribution in [0.3, 0.4) is 0 Å². The molecule has 1 aromatic heterocycles. The van der Waals surface area contributed by atoms with Gasteiger partial charge in [-0.25, -0.2) is 4.98 Å². The van der Waals surface area contributed by atoms with E-state index in [1.165, 1.54) is 0 Å². The van der Waals surface area contributed by atoms with E-state index in [0.29, 0.717) is 6.61 Å². The third-order valence-electron chi connectivity index (χ3n) is 2.32. The van der Waals surface area contributed by atoms with Crippen LogP contribution in [0.1, 0.15) is 13.2 Å². The molecule has 1 aromatic carbocycles. The van der Waals surface area contributed by atoms with Gasteiger partial charge in [0.1, 0.15) is 6.23 Å². The van der Waals surface area contributed by atoms with E-state index in [9.17, 15) is 0 Å². The van der Waals surface area contributed by atoms with Gasteiger partial charge in [-0.05, 0) is 19.1 Å². The predicted molar refractivity (Wildman–Crippen MR) is 57.5 cm³/mol. The minimum Gasteiger partial charge on any atom is -0.394 e. The highest BCUT2D eigenvalue weighted by molar-refractivity contribution is 5.74. The van der Waals surface area contributed by atoms with E-state index in [0.717, 1.165) is 11.0 Å². The SMILES string of the molecule is CC(OCCO)n1cnc2ccccc21. The van der Waals surface area contributed by atoms with Crippen LogP contribution in [0, 0.1) is 0 Å². The molecule has 0 amide bonds. The molecule has 0 bridgehead atoms. The molecule has 4 nitrogen and oxygen atoms in total. The lowest BCUT2D eigenvalue weighted by Crippen LogP contribution is -2.10. The quantitative estimate of drug-likeness (QED) is 0.825. The molecule has 0 aliphatic carbocycles. The van der Waals surface area contributed by atoms with Crippen LogP contribution in [0.5, 0.6) is 0 Å². The van der Waals surface area contributed by atoms with E-state index in [4.69, 9.17) is 9.84 Å². The van der Waals surface area contributed by atoms with Crippen LogP contribution in [0.2, 0.25) is 0 Å². The lowest BCUT2D eigenvalue weighted by molar-refractivity contribution is -0.000588. The summed E-state index contributed by atoms with van der Waals surface area (Å²) in [5.74, 6) is 0. The Morgan fingerprint density at radius 1 is 1.47 bits per heavy atom. The normalized spacial score (nSPS) is 13.2. The molecule has 15 heavy (non-hydrogen) atoms. The van der Waals surface area contributed by atoms with Crippen LogP contribution < -0.4 is 0 Å². The van der Waals surface area contributed by atoms with Crippen LogP contribution in [-0.2, 0) is 4.74 Å². The van der Waals surface area contributed by atoms with Crippen LogP contribution in [-0.4, -0.2) is 27.9 Å². The maximum Gasteiger partial charge on any atom is 0.132 e. The molecular formula is C11H14N2O2. The number of hydrogen-bond acceptors (Lipinski definition) is 3. The fraction of sp³-hybridized carbons (Fsp3) is 0.364. The van der Waals surface area contributed by atoms with Gasteiger partial charge >= 0.3 is 0 Å². The number of nitrogens with zero attached hydrogens (tertiary/aromatic N) is 2. The smallest absolute Gasteiger partial charge is 0.132 e. The van der Waals surface area contributed by atoms with E-state index in [2.05, 4.69) is 4.98 Å². The van der Waals surface area contributed by atoms with Crippen LogP contribution in [0.4, 0.5) is 0 Å². The van der Waals surface area contributed by atoms with Crippen molar-refractivity contribution in [1.29, 1.82) is 0 Å². The highest BCUT2D eigenvalue weighted by Crippen LogP contribution is 2.17. The minimum atomic E-state index is -0.107. The third-order valence-corrected chi connectivity index (χ3v) is 2.32. The summed E-state index contributed by atoms with van der Waals surface area (Å²) < 4.78 is 7.37. The molecule has 0 aliphatic heterocycles. The van der Waals surface area contributed by atoms with Crippen molar-refractivity contribution in [2.45, 2.75) is 13.2 Å². The Morgan fingerprint density at radius 2 is 2.27 bits per heavy atom. The van der Waals surface area contributed by atoms with Crippen molar-refractivity contribution >= 4 is 11.0 Å². The number of ether oxygens (including phenoxy) is 1. The lowest BCUT2D eigenvalue weighted by atomic mass is 10.3. The second-order valence-electron chi connectivity index (χ2n) is 3.33. The molecule has 0 aliphatic rings. The molecule has 1 unspecified atom stereocenters. The number of imidazole rings is 1. The summed E-state index contributed by atoms with van der Waals surface area (Å²) in [6.07, 6.45) is 1.65. The molecular weight excluding hydrogens is 192 g/mol. The van der Waals surface area contributed by atoms with Crippen molar-refractivity contribution in [2.75, 3.05) is 13.2 Å². The van der Waals surface area contributed by atoms with Gasteiger partial charge in [0.15, 0.2) is 0 Å². The maximum absolute atomic E-state index is 8.68. The van der Waals surface area contributed by atoms with Crippen molar-refractivity contribution in [2.24, 2.45) is 0 Å². The number of aromatic nitrogens is 2. The average molecular weight is 206 g/mol. The van der Waals surface area contributed by atoms with E-state index >= 15 is 0 Å². The van der Waals surface area contributed by atoms with E-state index in [1.54, 1.807) is 6.33 Å². The molecule has 4 heteroatoms. The first-order valence-corrected chi connectivity index (χ1v) is 4.97.